The zero-order valence-electron chi connectivity index (χ0n) is 19.3. The molecule has 0 amide bonds. The molecule has 1 aliphatic rings. The Bertz CT molecular complexity index is 1390. The van der Waals surface area contributed by atoms with E-state index in [0.29, 0.717) is 41.4 Å². The first kappa shape index (κ1) is 22.5. The summed E-state index contributed by atoms with van der Waals surface area (Å²) in [7, 11) is 0. The van der Waals surface area contributed by atoms with Gasteiger partial charge in [0.2, 0.25) is 0 Å². The number of rotatable bonds is 6. The van der Waals surface area contributed by atoms with Crippen molar-refractivity contribution < 1.29 is 9.53 Å². The average molecular weight is 468 g/mol. The molecule has 2 N–H and O–H groups in total. The van der Waals surface area contributed by atoms with Crippen LogP contribution in [0.4, 0.5) is 5.82 Å². The standard InChI is InChI=1S/C26H25N7O2/c1-17(34)22(14-27)32-13-5-6-19(15-32)33-26-23(25(28)29-16-30-26)24(31-33)18-9-11-21(12-10-18)35-20-7-3-2-4-8-20/h2-4,7-12,16,19,22H,5-6,13,15H2,1H3,(H2,28,29,30)/t19?,22-/m1/s1. The number of carbonyl (C=O) groups is 1. The third kappa shape index (κ3) is 4.44. The van der Waals surface area contributed by atoms with Crippen molar-refractivity contribution in [2.45, 2.75) is 31.8 Å². The van der Waals surface area contributed by atoms with E-state index < -0.39 is 6.04 Å². The third-order valence-electron chi connectivity index (χ3n) is 6.27. The zero-order valence-corrected chi connectivity index (χ0v) is 19.3. The van der Waals surface area contributed by atoms with Crippen molar-refractivity contribution in [1.82, 2.24) is 24.6 Å². The second kappa shape index (κ2) is 9.52. The summed E-state index contributed by atoms with van der Waals surface area (Å²) in [6.07, 6.45) is 3.14. The molecule has 1 fully saturated rings. The number of Topliss-reactive ketones (excluding diaryl/α,β-unsaturated/α-hetero) is 1. The Morgan fingerprint density at radius 2 is 1.89 bits per heavy atom. The molecule has 4 aromatic rings. The van der Waals surface area contributed by atoms with Gasteiger partial charge in [0.1, 0.15) is 29.3 Å². The van der Waals surface area contributed by atoms with Crippen LogP contribution in [0.15, 0.2) is 60.9 Å². The number of ketones is 1. The van der Waals surface area contributed by atoms with Crippen LogP contribution < -0.4 is 10.5 Å². The quantitative estimate of drug-likeness (QED) is 0.452. The number of hydrogen-bond donors (Lipinski definition) is 1. The van der Waals surface area contributed by atoms with Crippen molar-refractivity contribution in [3.8, 4) is 28.8 Å². The summed E-state index contributed by atoms with van der Waals surface area (Å²) in [5, 5.41) is 15.1. The SMILES string of the molecule is CC(=O)[C@@H](C#N)N1CCCC(n2nc(-c3ccc(Oc4ccccc4)cc3)c3c(N)ncnc32)C1. The number of nitriles is 1. The first-order chi connectivity index (χ1) is 17.0. The Morgan fingerprint density at radius 1 is 1.14 bits per heavy atom. The molecule has 35 heavy (non-hydrogen) atoms. The molecule has 0 saturated carbocycles. The van der Waals surface area contributed by atoms with Gasteiger partial charge >= 0.3 is 0 Å². The van der Waals surface area contributed by atoms with E-state index in [-0.39, 0.29) is 11.8 Å². The van der Waals surface area contributed by atoms with Crippen LogP contribution in [0.1, 0.15) is 25.8 Å². The van der Waals surface area contributed by atoms with Gasteiger partial charge < -0.3 is 10.5 Å². The lowest BCUT2D eigenvalue weighted by Gasteiger charge is -2.34. The second-order valence-electron chi connectivity index (χ2n) is 8.62. The predicted octanol–water partition coefficient (Wildman–Crippen LogP) is 3.99. The molecule has 0 radical (unpaired) electrons. The Hall–Kier alpha value is -4.29. The van der Waals surface area contributed by atoms with Crippen LogP contribution in [-0.2, 0) is 4.79 Å². The Morgan fingerprint density at radius 3 is 2.60 bits per heavy atom. The van der Waals surface area contributed by atoms with E-state index in [4.69, 9.17) is 15.6 Å². The van der Waals surface area contributed by atoms with Gasteiger partial charge in [-0.25, -0.2) is 14.6 Å². The van der Waals surface area contributed by atoms with Crippen molar-refractivity contribution in [2.24, 2.45) is 0 Å². The number of likely N-dealkylation sites (tertiary alicyclic amines) is 1. The fourth-order valence-corrected chi connectivity index (χ4v) is 4.60. The number of aromatic nitrogens is 4. The van der Waals surface area contributed by atoms with E-state index in [1.165, 1.54) is 13.3 Å². The fourth-order valence-electron chi connectivity index (χ4n) is 4.60. The molecular weight excluding hydrogens is 442 g/mol. The number of para-hydroxylation sites is 1. The first-order valence-corrected chi connectivity index (χ1v) is 11.5. The van der Waals surface area contributed by atoms with Gasteiger partial charge in [0, 0.05) is 12.1 Å². The highest BCUT2D eigenvalue weighted by atomic mass is 16.5. The Kier molecular flexibility index (Phi) is 6.12. The number of nitrogen functional groups attached to an aromatic ring is 1. The van der Waals surface area contributed by atoms with E-state index in [9.17, 15) is 10.1 Å². The van der Waals surface area contributed by atoms with Crippen LogP contribution >= 0.6 is 0 Å². The molecule has 9 heteroatoms. The van der Waals surface area contributed by atoms with Crippen LogP contribution in [0, 0.1) is 11.3 Å². The highest BCUT2D eigenvalue weighted by molar-refractivity contribution is 5.98. The highest BCUT2D eigenvalue weighted by Gasteiger charge is 2.31. The third-order valence-corrected chi connectivity index (χ3v) is 6.27. The number of benzene rings is 2. The first-order valence-electron chi connectivity index (χ1n) is 11.5. The maximum absolute atomic E-state index is 12.0. The van der Waals surface area contributed by atoms with Crippen molar-refractivity contribution in [1.29, 1.82) is 5.26 Å². The number of fused-ring (bicyclic) bond motifs is 1. The predicted molar refractivity (Wildman–Crippen MR) is 132 cm³/mol. The second-order valence-corrected chi connectivity index (χ2v) is 8.62. The van der Waals surface area contributed by atoms with Gasteiger partial charge in [-0.3, -0.25) is 9.69 Å². The molecule has 176 valence electrons. The molecule has 1 saturated heterocycles. The zero-order chi connectivity index (χ0) is 24.4. The molecule has 3 heterocycles. The topological polar surface area (TPSA) is 123 Å². The number of nitrogens with two attached hydrogens (primary N) is 1. The van der Waals surface area contributed by atoms with E-state index in [1.807, 2.05) is 64.2 Å². The van der Waals surface area contributed by atoms with E-state index in [1.54, 1.807) is 0 Å². The maximum Gasteiger partial charge on any atom is 0.164 e. The van der Waals surface area contributed by atoms with Gasteiger partial charge in [0.25, 0.3) is 0 Å². The summed E-state index contributed by atoms with van der Waals surface area (Å²) in [6.45, 7) is 2.68. The van der Waals surface area contributed by atoms with Crippen molar-refractivity contribution in [3.63, 3.8) is 0 Å². The van der Waals surface area contributed by atoms with Crippen molar-refractivity contribution in [2.75, 3.05) is 18.8 Å². The summed E-state index contributed by atoms with van der Waals surface area (Å²) in [6, 6.07) is 18.6. The fraction of sp³-hybridized carbons (Fsp3) is 0.269. The van der Waals surface area contributed by atoms with Gasteiger partial charge in [0.05, 0.1) is 17.5 Å². The molecule has 0 aliphatic carbocycles. The molecule has 9 nitrogen and oxygen atoms in total. The molecule has 1 unspecified atom stereocenters. The largest absolute Gasteiger partial charge is 0.457 e. The van der Waals surface area contributed by atoms with Gasteiger partial charge in [-0.2, -0.15) is 10.4 Å². The lowest BCUT2D eigenvalue weighted by molar-refractivity contribution is -0.120. The van der Waals surface area contributed by atoms with Gasteiger partial charge in [-0.05, 0) is 62.7 Å². The summed E-state index contributed by atoms with van der Waals surface area (Å²) >= 11 is 0. The summed E-state index contributed by atoms with van der Waals surface area (Å²) in [4.78, 5) is 22.6. The van der Waals surface area contributed by atoms with Crippen molar-refractivity contribution >= 4 is 22.6 Å². The molecule has 5 rings (SSSR count). The summed E-state index contributed by atoms with van der Waals surface area (Å²) in [5.41, 5.74) is 8.47. The monoisotopic (exact) mass is 467 g/mol. The number of anilines is 1. The molecule has 0 spiro atoms. The number of ether oxygens (including phenoxy) is 1. The number of hydrogen-bond acceptors (Lipinski definition) is 8. The van der Waals surface area contributed by atoms with E-state index in [2.05, 4.69) is 16.0 Å². The van der Waals surface area contributed by atoms with E-state index in [0.717, 1.165) is 24.2 Å². The molecule has 2 atom stereocenters. The van der Waals surface area contributed by atoms with Crippen LogP contribution in [0.2, 0.25) is 0 Å². The summed E-state index contributed by atoms with van der Waals surface area (Å²) < 4.78 is 7.78. The number of nitrogens with zero attached hydrogens (tertiary/aromatic N) is 6. The smallest absolute Gasteiger partial charge is 0.164 e. The Balaban J connectivity index is 1.49. The van der Waals surface area contributed by atoms with Gasteiger partial charge in [0.15, 0.2) is 17.5 Å². The minimum Gasteiger partial charge on any atom is -0.457 e. The lowest BCUT2D eigenvalue weighted by atomic mass is 10.0. The summed E-state index contributed by atoms with van der Waals surface area (Å²) in [5.74, 6) is 1.68. The minimum atomic E-state index is -0.754. The Labute approximate surface area is 202 Å². The van der Waals surface area contributed by atoms with Gasteiger partial charge in [-0.15, -0.1) is 0 Å². The lowest BCUT2D eigenvalue weighted by Crippen LogP contribution is -2.45. The molecule has 0 bridgehead atoms. The van der Waals surface area contributed by atoms with Gasteiger partial charge in [-0.1, -0.05) is 18.2 Å². The van der Waals surface area contributed by atoms with Crippen LogP contribution in [0.3, 0.4) is 0 Å². The van der Waals surface area contributed by atoms with Crippen molar-refractivity contribution in [3.05, 3.63) is 60.9 Å². The average Bonchev–Trinajstić information content (AvgIpc) is 3.27. The number of carbonyl (C=O) groups excluding carboxylic acids is 1. The molecule has 2 aromatic heterocycles. The number of piperidine rings is 1. The van der Waals surface area contributed by atoms with Crippen LogP contribution in [-0.4, -0.2) is 49.6 Å². The molecule has 2 aromatic carbocycles. The highest BCUT2D eigenvalue weighted by Crippen LogP contribution is 2.35. The van der Waals surface area contributed by atoms with Crippen LogP contribution in [0.5, 0.6) is 11.5 Å². The molecular formula is C26H25N7O2. The normalized spacial score (nSPS) is 17.1. The van der Waals surface area contributed by atoms with Crippen LogP contribution in [0.25, 0.3) is 22.3 Å². The maximum atomic E-state index is 12.0. The molecule has 1 aliphatic heterocycles. The van der Waals surface area contributed by atoms with E-state index >= 15 is 0 Å². The minimum absolute atomic E-state index is 0.0508.